The number of carbonyl (C=O) groups excluding carboxylic acids is 2. The molecular weight excluding hydrogens is 459 g/mol. The molecule has 0 fully saturated rings. The second-order valence-electron chi connectivity index (χ2n) is 8.38. The Labute approximate surface area is 201 Å². The maximum Gasteiger partial charge on any atom is 0.296 e. The van der Waals surface area contributed by atoms with Gasteiger partial charge in [0.05, 0.1) is 25.9 Å². The number of rotatable bonds is 1. The molecule has 2 N–H and O–H groups in total. The number of carbonyl (C=O) groups is 2. The zero-order valence-corrected chi connectivity index (χ0v) is 19.5. The summed E-state index contributed by atoms with van der Waals surface area (Å²) in [6.07, 6.45) is 3.91. The monoisotopic (exact) mass is 486 g/mol. The quantitative estimate of drug-likeness (QED) is 0.631. The number of likely N-dealkylation sites (N-methyl/N-ethyl adjacent to an activating group) is 1. The van der Waals surface area contributed by atoms with Crippen LogP contribution < -0.4 is 15.6 Å². The van der Waals surface area contributed by atoms with Crippen molar-refractivity contribution in [2.45, 2.75) is 38.4 Å². The van der Waals surface area contributed by atoms with E-state index in [1.165, 1.54) is 33.7 Å². The Morgan fingerprint density at radius 3 is 2.83 bits per heavy atom. The maximum atomic E-state index is 13.8. The number of ether oxygens (including phenoxy) is 2. The number of halogens is 1. The summed E-state index contributed by atoms with van der Waals surface area (Å²) in [5.41, 5.74) is -0.753. The first-order valence-corrected chi connectivity index (χ1v) is 11.4. The molecule has 186 valence electrons. The molecule has 35 heavy (non-hydrogen) atoms. The number of amides is 2. The van der Waals surface area contributed by atoms with Gasteiger partial charge in [0.1, 0.15) is 23.4 Å². The molecule has 2 amide bonds. The van der Waals surface area contributed by atoms with Crippen LogP contribution in [0.25, 0.3) is 0 Å². The van der Waals surface area contributed by atoms with Crippen molar-refractivity contribution >= 4 is 11.8 Å². The van der Waals surface area contributed by atoms with Crippen LogP contribution in [0.15, 0.2) is 35.1 Å². The molecule has 3 heterocycles. The first-order valence-electron chi connectivity index (χ1n) is 11.4. The van der Waals surface area contributed by atoms with Crippen molar-refractivity contribution < 1.29 is 28.6 Å². The summed E-state index contributed by atoms with van der Waals surface area (Å²) in [6, 6.07) is 2.72. The van der Waals surface area contributed by atoms with Gasteiger partial charge in [-0.15, -0.1) is 0 Å². The van der Waals surface area contributed by atoms with E-state index in [1.54, 1.807) is 13.1 Å². The Balaban J connectivity index is 1.84. The summed E-state index contributed by atoms with van der Waals surface area (Å²) in [5.74, 6) is -2.08. The highest BCUT2D eigenvalue weighted by Gasteiger charge is 2.34. The zero-order valence-electron chi connectivity index (χ0n) is 19.5. The number of hydrogen-bond acceptors (Lipinski definition) is 7. The van der Waals surface area contributed by atoms with Crippen LogP contribution in [0.2, 0.25) is 0 Å². The standard InChI is InChI=1S/C24H27FN4O6/c1-3-16-12-34-13-17-22-27-20(21(31)24(33)29(16)22)23(32)26-11-14-7-8-15(25)10-18(14)35-9-5-4-6-19(30)28(17)2/h4,6-8,10,16-17,31H,3,5,9,11-13H2,1-2H3,(H,26,32). The smallest absolute Gasteiger partial charge is 0.296 e. The third kappa shape index (κ3) is 4.90. The predicted octanol–water partition coefficient (Wildman–Crippen LogP) is 1.84. The van der Waals surface area contributed by atoms with Crippen LogP contribution in [0, 0.1) is 5.82 Å². The summed E-state index contributed by atoms with van der Waals surface area (Å²) in [7, 11) is 1.55. The third-order valence-corrected chi connectivity index (χ3v) is 6.14. The van der Waals surface area contributed by atoms with Crippen molar-refractivity contribution in [2.75, 3.05) is 26.9 Å². The lowest BCUT2D eigenvalue weighted by atomic mass is 10.1. The molecule has 10 nitrogen and oxygen atoms in total. The average Bonchev–Trinajstić information content (AvgIpc) is 3.03. The van der Waals surface area contributed by atoms with E-state index in [1.807, 2.05) is 6.92 Å². The first kappa shape index (κ1) is 24.4. The van der Waals surface area contributed by atoms with Crippen LogP contribution >= 0.6 is 0 Å². The molecule has 2 unspecified atom stereocenters. The average molecular weight is 487 g/mol. The Morgan fingerprint density at radius 1 is 1.26 bits per heavy atom. The van der Waals surface area contributed by atoms with E-state index in [2.05, 4.69) is 10.3 Å². The highest BCUT2D eigenvalue weighted by atomic mass is 19.1. The predicted molar refractivity (Wildman–Crippen MR) is 123 cm³/mol. The molecule has 0 spiro atoms. The Morgan fingerprint density at radius 2 is 2.06 bits per heavy atom. The molecule has 2 atom stereocenters. The summed E-state index contributed by atoms with van der Waals surface area (Å²) >= 11 is 0. The lowest BCUT2D eigenvalue weighted by molar-refractivity contribution is -0.128. The minimum atomic E-state index is -0.795. The van der Waals surface area contributed by atoms with Crippen molar-refractivity contribution in [1.82, 2.24) is 19.8 Å². The topological polar surface area (TPSA) is 123 Å². The number of nitrogens with zero attached hydrogens (tertiary/aromatic N) is 3. The molecular formula is C24H27FN4O6. The normalized spacial score (nSPS) is 21.1. The molecule has 2 aliphatic heterocycles. The molecule has 4 rings (SSSR count). The van der Waals surface area contributed by atoms with Gasteiger partial charge in [0, 0.05) is 25.2 Å². The van der Waals surface area contributed by atoms with Gasteiger partial charge in [-0.1, -0.05) is 19.1 Å². The van der Waals surface area contributed by atoms with Gasteiger partial charge in [-0.05, 0) is 25.0 Å². The fourth-order valence-corrected chi connectivity index (χ4v) is 4.10. The molecule has 1 aromatic carbocycles. The number of nitrogens with one attached hydrogen (secondary N) is 1. The molecule has 0 saturated carbocycles. The van der Waals surface area contributed by atoms with Crippen molar-refractivity contribution in [1.29, 1.82) is 0 Å². The third-order valence-electron chi connectivity index (χ3n) is 6.14. The number of benzene rings is 1. The summed E-state index contributed by atoms with van der Waals surface area (Å²) in [6.45, 7) is 2.25. The maximum absolute atomic E-state index is 13.8. The van der Waals surface area contributed by atoms with E-state index in [0.29, 0.717) is 18.4 Å². The fourth-order valence-electron chi connectivity index (χ4n) is 4.10. The van der Waals surface area contributed by atoms with Gasteiger partial charge in [0.15, 0.2) is 5.69 Å². The van der Waals surface area contributed by atoms with Gasteiger partial charge >= 0.3 is 0 Å². The Hall–Kier alpha value is -3.73. The van der Waals surface area contributed by atoms with Crippen LogP contribution in [-0.2, 0) is 16.1 Å². The Bertz CT molecular complexity index is 1230. The molecule has 1 aromatic heterocycles. The van der Waals surface area contributed by atoms with Gasteiger partial charge in [-0.25, -0.2) is 9.37 Å². The zero-order chi connectivity index (χ0) is 25.1. The first-order chi connectivity index (χ1) is 16.8. The van der Waals surface area contributed by atoms with Gasteiger partial charge in [-0.2, -0.15) is 0 Å². The number of fused-ring (bicyclic) bond motifs is 2. The van der Waals surface area contributed by atoms with E-state index >= 15 is 0 Å². The number of aromatic hydroxyl groups is 1. The molecule has 2 aliphatic rings. The fraction of sp³-hybridized carbons (Fsp3) is 0.417. The van der Waals surface area contributed by atoms with Crippen LogP contribution in [0.4, 0.5) is 4.39 Å². The minimum Gasteiger partial charge on any atom is -0.501 e. The summed E-state index contributed by atoms with van der Waals surface area (Å²) < 4.78 is 26.5. The van der Waals surface area contributed by atoms with E-state index in [4.69, 9.17) is 9.47 Å². The van der Waals surface area contributed by atoms with Gasteiger partial charge in [-0.3, -0.25) is 19.0 Å². The molecule has 2 aromatic rings. The number of hydrogen-bond donors (Lipinski definition) is 2. The highest BCUT2D eigenvalue weighted by Crippen LogP contribution is 2.28. The van der Waals surface area contributed by atoms with E-state index in [-0.39, 0.29) is 43.8 Å². The van der Waals surface area contributed by atoms with E-state index in [9.17, 15) is 23.9 Å². The Kier molecular flexibility index (Phi) is 7.15. The van der Waals surface area contributed by atoms with Crippen molar-refractivity contribution in [2.24, 2.45) is 0 Å². The second-order valence-corrected chi connectivity index (χ2v) is 8.38. The second kappa shape index (κ2) is 10.3. The van der Waals surface area contributed by atoms with Crippen molar-refractivity contribution in [3.63, 3.8) is 0 Å². The lowest BCUT2D eigenvalue weighted by Crippen LogP contribution is -2.39. The van der Waals surface area contributed by atoms with Gasteiger partial charge in [0.2, 0.25) is 11.7 Å². The van der Waals surface area contributed by atoms with Crippen molar-refractivity contribution in [3.05, 3.63) is 63.6 Å². The molecule has 0 radical (unpaired) electrons. The van der Waals surface area contributed by atoms with E-state index in [0.717, 1.165) is 0 Å². The van der Waals surface area contributed by atoms with Gasteiger partial charge in [0.25, 0.3) is 11.5 Å². The summed E-state index contributed by atoms with van der Waals surface area (Å²) in [5, 5.41) is 13.2. The van der Waals surface area contributed by atoms with Gasteiger partial charge < -0.3 is 24.8 Å². The van der Waals surface area contributed by atoms with E-state index < -0.39 is 40.8 Å². The highest BCUT2D eigenvalue weighted by molar-refractivity contribution is 5.94. The van der Waals surface area contributed by atoms with Crippen molar-refractivity contribution in [3.8, 4) is 11.5 Å². The minimum absolute atomic E-state index is 0.0493. The molecule has 0 aliphatic carbocycles. The summed E-state index contributed by atoms with van der Waals surface area (Å²) in [4.78, 5) is 44.8. The van der Waals surface area contributed by atoms with Crippen LogP contribution in [0.5, 0.6) is 11.5 Å². The lowest BCUT2D eigenvalue weighted by Gasteiger charge is -2.27. The van der Waals surface area contributed by atoms with Crippen LogP contribution in [-0.4, -0.2) is 58.2 Å². The SMILES string of the molecule is CCC1COCC2c3nc(c(O)c(=O)n31)C(=O)NCc1ccc(F)cc1OCCC=CC(=O)N2C. The molecule has 2 bridgehead atoms. The largest absolute Gasteiger partial charge is 0.501 e. The van der Waals surface area contributed by atoms with Crippen LogP contribution in [0.3, 0.4) is 0 Å². The molecule has 0 saturated heterocycles. The molecule has 11 heteroatoms. The van der Waals surface area contributed by atoms with Crippen LogP contribution in [0.1, 0.15) is 53.7 Å². The number of aromatic nitrogens is 2.